The van der Waals surface area contributed by atoms with Gasteiger partial charge in [-0.25, -0.2) is 8.42 Å². The highest BCUT2D eigenvalue weighted by molar-refractivity contribution is 7.91. The Morgan fingerprint density at radius 3 is 2.80 bits per heavy atom. The predicted octanol–water partition coefficient (Wildman–Crippen LogP) is 4.12. The van der Waals surface area contributed by atoms with Crippen LogP contribution in [0.1, 0.15) is 31.1 Å². The summed E-state index contributed by atoms with van der Waals surface area (Å²) in [6, 6.07) is 11.2. The van der Waals surface area contributed by atoms with Crippen LogP contribution in [0.4, 0.5) is 0 Å². The van der Waals surface area contributed by atoms with E-state index in [4.69, 9.17) is 4.42 Å². The molecule has 0 unspecified atom stereocenters. The fourth-order valence-corrected chi connectivity index (χ4v) is 6.80. The molecule has 1 fully saturated rings. The minimum absolute atomic E-state index is 0.0200. The zero-order chi connectivity index (χ0) is 21.3. The van der Waals surface area contributed by atoms with Crippen molar-refractivity contribution >= 4 is 38.2 Å². The van der Waals surface area contributed by atoms with Gasteiger partial charge in [0.1, 0.15) is 15.6 Å². The maximum absolute atomic E-state index is 13.2. The van der Waals surface area contributed by atoms with Crippen molar-refractivity contribution in [3.8, 4) is 0 Å². The lowest BCUT2D eigenvalue weighted by molar-refractivity contribution is -0.135. The van der Waals surface area contributed by atoms with Crippen LogP contribution in [0.5, 0.6) is 0 Å². The smallest absolute Gasteiger partial charge is 0.252 e. The molecule has 1 amide bonds. The SMILES string of the molecule is CCc1oc2ccccc2c1CN(C)C(=O)[C@H]1CCCN(S(=O)(=O)c2cccs2)C1. The van der Waals surface area contributed by atoms with E-state index in [9.17, 15) is 13.2 Å². The van der Waals surface area contributed by atoms with E-state index < -0.39 is 10.0 Å². The van der Waals surface area contributed by atoms with E-state index >= 15 is 0 Å². The number of furan rings is 1. The lowest BCUT2D eigenvalue weighted by Gasteiger charge is -2.33. The van der Waals surface area contributed by atoms with E-state index in [1.807, 2.05) is 31.2 Å². The van der Waals surface area contributed by atoms with Crippen molar-refractivity contribution < 1.29 is 17.6 Å². The third kappa shape index (κ3) is 3.91. The fraction of sp³-hybridized carbons (Fsp3) is 0.409. The Balaban J connectivity index is 1.51. The van der Waals surface area contributed by atoms with Crippen LogP contribution >= 0.6 is 11.3 Å². The average molecular weight is 447 g/mol. The van der Waals surface area contributed by atoms with Crippen molar-refractivity contribution in [2.75, 3.05) is 20.1 Å². The summed E-state index contributed by atoms with van der Waals surface area (Å²) in [5.41, 5.74) is 1.86. The molecule has 0 saturated carbocycles. The van der Waals surface area contributed by atoms with Gasteiger partial charge < -0.3 is 9.32 Å². The summed E-state index contributed by atoms with van der Waals surface area (Å²) in [4.78, 5) is 14.9. The molecule has 8 heteroatoms. The summed E-state index contributed by atoms with van der Waals surface area (Å²) in [5.74, 6) is 0.538. The Kier molecular flexibility index (Phi) is 5.99. The number of rotatable bonds is 6. The highest BCUT2D eigenvalue weighted by Gasteiger charge is 2.35. The van der Waals surface area contributed by atoms with Crippen LogP contribution in [0.15, 0.2) is 50.4 Å². The van der Waals surface area contributed by atoms with E-state index in [0.29, 0.717) is 30.1 Å². The van der Waals surface area contributed by atoms with Gasteiger partial charge in [0.2, 0.25) is 5.91 Å². The number of piperidine rings is 1. The summed E-state index contributed by atoms with van der Waals surface area (Å²) in [5, 5.41) is 2.79. The van der Waals surface area contributed by atoms with Crippen molar-refractivity contribution in [1.29, 1.82) is 0 Å². The molecule has 160 valence electrons. The molecule has 6 nitrogen and oxygen atoms in total. The minimum Gasteiger partial charge on any atom is -0.461 e. The number of hydrogen-bond acceptors (Lipinski definition) is 5. The van der Waals surface area contributed by atoms with Crippen molar-refractivity contribution in [1.82, 2.24) is 9.21 Å². The summed E-state index contributed by atoms with van der Waals surface area (Å²) >= 11 is 1.21. The van der Waals surface area contributed by atoms with Crippen LogP contribution in [0.3, 0.4) is 0 Å². The third-order valence-electron chi connectivity index (χ3n) is 5.70. The van der Waals surface area contributed by atoms with Crippen LogP contribution in [0.2, 0.25) is 0 Å². The molecule has 0 radical (unpaired) electrons. The lowest BCUT2D eigenvalue weighted by atomic mass is 9.98. The first-order valence-electron chi connectivity index (χ1n) is 10.2. The maximum atomic E-state index is 13.2. The maximum Gasteiger partial charge on any atom is 0.252 e. The molecular weight excluding hydrogens is 420 g/mol. The molecule has 0 spiro atoms. The number of amides is 1. The number of fused-ring (bicyclic) bond motifs is 1. The third-order valence-corrected chi connectivity index (χ3v) is 8.94. The summed E-state index contributed by atoms with van der Waals surface area (Å²) in [7, 11) is -1.75. The second-order valence-corrected chi connectivity index (χ2v) is 10.8. The van der Waals surface area contributed by atoms with E-state index in [0.717, 1.165) is 28.7 Å². The largest absolute Gasteiger partial charge is 0.461 e. The van der Waals surface area contributed by atoms with Crippen molar-refractivity contribution in [2.24, 2.45) is 5.92 Å². The number of sulfonamides is 1. The molecule has 1 aromatic carbocycles. The molecule has 0 N–H and O–H groups in total. The van der Waals surface area contributed by atoms with Gasteiger partial charge in [-0.15, -0.1) is 11.3 Å². The number of aryl methyl sites for hydroxylation is 1. The molecule has 1 saturated heterocycles. The standard InChI is InChI=1S/C22H26N2O4S2/c1-3-19-18(17-9-4-5-10-20(17)28-19)15-23(2)22(25)16-8-6-12-24(14-16)30(26,27)21-11-7-13-29-21/h4-5,7,9-11,13,16H,3,6,8,12,14-15H2,1-2H3/t16-/m0/s1. The predicted molar refractivity (Wildman–Crippen MR) is 118 cm³/mol. The van der Waals surface area contributed by atoms with Gasteiger partial charge in [0.25, 0.3) is 10.0 Å². The van der Waals surface area contributed by atoms with E-state index in [1.165, 1.54) is 15.6 Å². The molecular formula is C22H26N2O4S2. The zero-order valence-corrected chi connectivity index (χ0v) is 18.8. The summed E-state index contributed by atoms with van der Waals surface area (Å²) in [6.07, 6.45) is 2.14. The van der Waals surface area contributed by atoms with Gasteiger partial charge in [0.05, 0.1) is 5.92 Å². The van der Waals surface area contributed by atoms with E-state index in [2.05, 4.69) is 0 Å². The highest BCUT2D eigenvalue weighted by Crippen LogP contribution is 2.30. The fourth-order valence-electron chi connectivity index (χ4n) is 4.13. The Labute approximate surface area is 181 Å². The van der Waals surface area contributed by atoms with Crippen molar-refractivity contribution in [3.05, 3.63) is 53.1 Å². The highest BCUT2D eigenvalue weighted by atomic mass is 32.2. The molecule has 3 aromatic rings. The zero-order valence-electron chi connectivity index (χ0n) is 17.2. The molecule has 2 aromatic heterocycles. The monoisotopic (exact) mass is 446 g/mol. The lowest BCUT2D eigenvalue weighted by Crippen LogP contribution is -2.45. The first-order valence-corrected chi connectivity index (χ1v) is 12.5. The Morgan fingerprint density at radius 2 is 2.07 bits per heavy atom. The van der Waals surface area contributed by atoms with Crippen LogP contribution < -0.4 is 0 Å². The topological polar surface area (TPSA) is 70.8 Å². The van der Waals surface area contributed by atoms with Gasteiger partial charge in [-0.05, 0) is 30.4 Å². The molecule has 1 aliphatic rings. The Bertz CT molecular complexity index is 1140. The summed E-state index contributed by atoms with van der Waals surface area (Å²) < 4.78 is 33.5. The second-order valence-electron chi connectivity index (χ2n) is 7.68. The molecule has 0 aliphatic carbocycles. The van der Waals surface area contributed by atoms with Crippen molar-refractivity contribution in [2.45, 2.75) is 36.9 Å². The van der Waals surface area contributed by atoms with E-state index in [1.54, 1.807) is 29.5 Å². The van der Waals surface area contributed by atoms with Gasteiger partial charge in [-0.2, -0.15) is 4.31 Å². The van der Waals surface area contributed by atoms with Gasteiger partial charge in [0, 0.05) is 44.1 Å². The number of hydrogen-bond donors (Lipinski definition) is 0. The van der Waals surface area contributed by atoms with Gasteiger partial charge in [0.15, 0.2) is 0 Å². The van der Waals surface area contributed by atoms with E-state index in [-0.39, 0.29) is 18.4 Å². The number of benzene rings is 1. The number of thiophene rings is 1. The second kappa shape index (κ2) is 8.53. The molecule has 1 atom stereocenters. The first-order chi connectivity index (χ1) is 14.4. The van der Waals surface area contributed by atoms with Gasteiger partial charge >= 0.3 is 0 Å². The number of para-hydroxylation sites is 1. The Morgan fingerprint density at radius 1 is 1.27 bits per heavy atom. The van der Waals surface area contributed by atoms with Crippen LogP contribution in [0, 0.1) is 5.92 Å². The number of carbonyl (C=O) groups excluding carboxylic acids is 1. The summed E-state index contributed by atoms with van der Waals surface area (Å²) in [6.45, 7) is 3.18. The molecule has 0 bridgehead atoms. The van der Waals surface area contributed by atoms with Gasteiger partial charge in [-0.1, -0.05) is 31.2 Å². The Hall–Kier alpha value is -2.16. The van der Waals surface area contributed by atoms with Gasteiger partial charge in [-0.3, -0.25) is 4.79 Å². The molecule has 4 rings (SSSR count). The quantitative estimate of drug-likeness (QED) is 0.571. The normalized spacial score (nSPS) is 18.0. The van der Waals surface area contributed by atoms with Crippen LogP contribution in [-0.2, 0) is 27.8 Å². The molecule has 30 heavy (non-hydrogen) atoms. The first kappa shape index (κ1) is 21.1. The number of carbonyl (C=O) groups is 1. The minimum atomic E-state index is -3.53. The average Bonchev–Trinajstić information content (AvgIpc) is 3.42. The molecule has 3 heterocycles. The van der Waals surface area contributed by atoms with Crippen molar-refractivity contribution in [3.63, 3.8) is 0 Å². The van der Waals surface area contributed by atoms with Crippen LogP contribution in [-0.4, -0.2) is 43.7 Å². The molecule has 1 aliphatic heterocycles. The van der Waals surface area contributed by atoms with Crippen LogP contribution in [0.25, 0.3) is 11.0 Å². The number of nitrogens with zero attached hydrogens (tertiary/aromatic N) is 2.